The van der Waals surface area contributed by atoms with Gasteiger partial charge in [-0.2, -0.15) is 0 Å². The van der Waals surface area contributed by atoms with Gasteiger partial charge in [-0.05, 0) is 121 Å². The summed E-state index contributed by atoms with van der Waals surface area (Å²) >= 11 is 0. The van der Waals surface area contributed by atoms with Gasteiger partial charge in [0, 0.05) is 136 Å². The molecule has 0 aliphatic rings. The molecule has 6 heteroatoms. The number of hydrogen-bond donors (Lipinski definition) is 0. The highest BCUT2D eigenvalue weighted by atomic mass is 16.3. The van der Waals surface area contributed by atoms with Crippen LogP contribution in [0.5, 0.6) is 0 Å². The summed E-state index contributed by atoms with van der Waals surface area (Å²) in [4.78, 5) is 4.64. The first-order valence-electron chi connectivity index (χ1n) is 22.4. The van der Waals surface area contributed by atoms with Crippen molar-refractivity contribution < 1.29 is 8.83 Å². The molecular formula is C60H40N4O2. The first-order chi connectivity index (χ1) is 32.6. The summed E-state index contributed by atoms with van der Waals surface area (Å²) in [6, 6.07) is 73.9. The van der Waals surface area contributed by atoms with Crippen molar-refractivity contribution in [1.82, 2.24) is 9.13 Å². The number of aromatic nitrogens is 2. The molecule has 0 amide bonds. The number of benzene rings is 10. The number of hydrogen-bond acceptors (Lipinski definition) is 4. The standard InChI is InChI=1S/C60H40N4O2/c1-61-53-19-11-9-17-43(53)51-33-39(23-31-55(51)61)63(37-13-5-3-6-14-37)41-21-25-45-47-27-29-50-49(59(47)65-57(45)35-41)30-28-48-46-26-22-42(36-58(46)66-60(48)50)64(38-15-7-4-8-16-38)40-24-32-56-52(34-40)44-18-10-12-20-54(44)62(56)2/h3-36H,1-2H3. The molecule has 0 unspecified atom stereocenters. The summed E-state index contributed by atoms with van der Waals surface area (Å²) in [5, 5.41) is 11.3. The third-order valence-electron chi connectivity index (χ3n) is 13.9. The highest BCUT2D eigenvalue weighted by Gasteiger charge is 2.22. The van der Waals surface area contributed by atoms with Crippen molar-refractivity contribution in [2.75, 3.05) is 9.80 Å². The van der Waals surface area contributed by atoms with Gasteiger partial charge in [-0.3, -0.25) is 0 Å². The maximum Gasteiger partial charge on any atom is 0.143 e. The lowest BCUT2D eigenvalue weighted by Crippen LogP contribution is -2.09. The minimum Gasteiger partial charge on any atom is -0.455 e. The molecule has 0 atom stereocenters. The average molecular weight is 849 g/mol. The van der Waals surface area contributed by atoms with Crippen molar-refractivity contribution in [3.05, 3.63) is 206 Å². The molecule has 0 saturated heterocycles. The predicted octanol–water partition coefficient (Wildman–Crippen LogP) is 16.9. The van der Waals surface area contributed by atoms with Crippen LogP contribution in [0.2, 0.25) is 0 Å². The fourth-order valence-corrected chi connectivity index (χ4v) is 10.8. The summed E-state index contributed by atoms with van der Waals surface area (Å²) in [7, 11) is 4.28. The fourth-order valence-electron chi connectivity index (χ4n) is 10.8. The second-order valence-electron chi connectivity index (χ2n) is 17.4. The molecule has 0 bridgehead atoms. The Morgan fingerprint density at radius 2 is 0.606 bits per heavy atom. The minimum atomic E-state index is 0.833. The number of furan rings is 2. The Bertz CT molecular complexity index is 3990. The van der Waals surface area contributed by atoms with E-state index >= 15 is 0 Å². The lowest BCUT2D eigenvalue weighted by molar-refractivity contribution is 0.669. The zero-order valence-electron chi connectivity index (χ0n) is 36.2. The number of rotatable bonds is 6. The van der Waals surface area contributed by atoms with Gasteiger partial charge in [-0.25, -0.2) is 0 Å². The number of anilines is 6. The molecular weight excluding hydrogens is 809 g/mol. The third kappa shape index (κ3) is 5.30. The van der Waals surface area contributed by atoms with E-state index in [-0.39, 0.29) is 0 Å². The Labute approximate surface area is 378 Å². The Balaban J connectivity index is 0.891. The largest absolute Gasteiger partial charge is 0.455 e. The van der Waals surface area contributed by atoms with Crippen LogP contribution in [-0.4, -0.2) is 9.13 Å². The Morgan fingerprint density at radius 3 is 1.05 bits per heavy atom. The van der Waals surface area contributed by atoms with E-state index in [9.17, 15) is 0 Å². The number of fused-ring (bicyclic) bond motifs is 15. The molecule has 4 aromatic heterocycles. The van der Waals surface area contributed by atoms with Gasteiger partial charge in [-0.15, -0.1) is 0 Å². The molecule has 0 fully saturated rings. The average Bonchev–Trinajstić information content (AvgIpc) is 4.10. The number of para-hydroxylation sites is 4. The summed E-state index contributed by atoms with van der Waals surface area (Å²) in [5.74, 6) is 0. The SMILES string of the molecule is Cn1c2ccccc2c2cc(N(c3ccccc3)c3ccc4c(c3)oc3c4ccc4c3ccc3c5ccc(N(c6ccccc6)c6ccc7c(c6)c6ccccc6n7C)cc5oc34)ccc21. The third-order valence-corrected chi connectivity index (χ3v) is 13.9. The van der Waals surface area contributed by atoms with Crippen LogP contribution >= 0.6 is 0 Å². The molecule has 0 saturated carbocycles. The molecule has 0 aliphatic carbocycles. The van der Waals surface area contributed by atoms with Crippen LogP contribution in [0.3, 0.4) is 0 Å². The van der Waals surface area contributed by atoms with E-state index in [1.54, 1.807) is 0 Å². The van der Waals surface area contributed by atoms with E-state index in [0.29, 0.717) is 0 Å². The summed E-state index contributed by atoms with van der Waals surface area (Å²) in [6.07, 6.45) is 0. The van der Waals surface area contributed by atoms with E-state index in [1.165, 1.54) is 43.6 Å². The second kappa shape index (κ2) is 13.9. The molecule has 0 radical (unpaired) electrons. The monoisotopic (exact) mass is 848 g/mol. The maximum atomic E-state index is 6.91. The molecule has 14 rings (SSSR count). The van der Waals surface area contributed by atoms with Crippen LogP contribution in [0.4, 0.5) is 34.1 Å². The van der Waals surface area contributed by atoms with Gasteiger partial charge in [0.2, 0.25) is 0 Å². The van der Waals surface area contributed by atoms with E-state index in [1.807, 2.05) is 0 Å². The molecule has 312 valence electrons. The molecule has 0 spiro atoms. The zero-order chi connectivity index (χ0) is 43.6. The van der Waals surface area contributed by atoms with Gasteiger partial charge in [0.25, 0.3) is 0 Å². The van der Waals surface area contributed by atoms with Crippen LogP contribution < -0.4 is 9.80 Å². The molecule has 10 aromatic carbocycles. The van der Waals surface area contributed by atoms with E-state index in [4.69, 9.17) is 8.83 Å². The topological polar surface area (TPSA) is 42.6 Å². The van der Waals surface area contributed by atoms with E-state index in [0.717, 1.165) is 88.8 Å². The highest BCUT2D eigenvalue weighted by molar-refractivity contribution is 6.23. The predicted molar refractivity (Wildman–Crippen MR) is 276 cm³/mol. The molecule has 66 heavy (non-hydrogen) atoms. The quantitative estimate of drug-likeness (QED) is 0.167. The van der Waals surface area contributed by atoms with Gasteiger partial charge < -0.3 is 27.8 Å². The van der Waals surface area contributed by atoms with Crippen molar-refractivity contribution in [1.29, 1.82) is 0 Å². The zero-order valence-corrected chi connectivity index (χ0v) is 36.2. The molecule has 0 aliphatic heterocycles. The van der Waals surface area contributed by atoms with Gasteiger partial charge in [0.1, 0.15) is 22.3 Å². The molecule has 14 aromatic rings. The molecule has 6 nitrogen and oxygen atoms in total. The fraction of sp³-hybridized carbons (Fsp3) is 0.0333. The van der Waals surface area contributed by atoms with Crippen molar-refractivity contribution in [3.8, 4) is 0 Å². The Hall–Kier alpha value is -8.74. The Kier molecular flexibility index (Phi) is 7.72. The van der Waals surface area contributed by atoms with Crippen LogP contribution in [0.15, 0.2) is 215 Å². The lowest BCUT2D eigenvalue weighted by Gasteiger charge is -2.25. The van der Waals surface area contributed by atoms with Gasteiger partial charge in [-0.1, -0.05) is 72.8 Å². The summed E-state index contributed by atoms with van der Waals surface area (Å²) in [6.45, 7) is 0. The van der Waals surface area contributed by atoms with Crippen LogP contribution in [-0.2, 0) is 14.1 Å². The first-order valence-corrected chi connectivity index (χ1v) is 22.4. The summed E-state index contributed by atoms with van der Waals surface area (Å²) < 4.78 is 18.4. The highest BCUT2D eigenvalue weighted by Crippen LogP contribution is 2.45. The smallest absolute Gasteiger partial charge is 0.143 e. The second-order valence-corrected chi connectivity index (χ2v) is 17.4. The molecule has 4 heterocycles. The van der Waals surface area contributed by atoms with Gasteiger partial charge in [0.15, 0.2) is 0 Å². The van der Waals surface area contributed by atoms with E-state index < -0.39 is 0 Å². The van der Waals surface area contributed by atoms with Crippen molar-refractivity contribution in [2.45, 2.75) is 0 Å². The first kappa shape index (κ1) is 36.7. The van der Waals surface area contributed by atoms with Crippen LogP contribution in [0.25, 0.3) is 98.3 Å². The molecule has 0 N–H and O–H groups in total. The Morgan fingerprint density at radius 1 is 0.273 bits per heavy atom. The van der Waals surface area contributed by atoms with Gasteiger partial charge in [0.05, 0.1) is 0 Å². The summed E-state index contributed by atoms with van der Waals surface area (Å²) in [5.41, 5.74) is 14.6. The van der Waals surface area contributed by atoms with Crippen molar-refractivity contribution in [3.63, 3.8) is 0 Å². The minimum absolute atomic E-state index is 0.833. The number of aryl methyl sites for hydroxylation is 2. The van der Waals surface area contributed by atoms with Crippen molar-refractivity contribution >= 4 is 132 Å². The van der Waals surface area contributed by atoms with Crippen LogP contribution in [0.1, 0.15) is 0 Å². The van der Waals surface area contributed by atoms with E-state index in [2.05, 4.69) is 239 Å². The lowest BCUT2D eigenvalue weighted by atomic mass is 10.0. The number of nitrogens with zero attached hydrogens (tertiary/aromatic N) is 4. The maximum absolute atomic E-state index is 6.91. The van der Waals surface area contributed by atoms with Crippen LogP contribution in [0, 0.1) is 0 Å². The normalized spacial score (nSPS) is 12.1. The van der Waals surface area contributed by atoms with Gasteiger partial charge >= 0.3 is 0 Å². The van der Waals surface area contributed by atoms with Crippen molar-refractivity contribution in [2.24, 2.45) is 14.1 Å².